The van der Waals surface area contributed by atoms with Gasteiger partial charge in [-0.05, 0) is 39.0 Å². The SMILES string of the molecule is Cc1noc(C)c1C(C)Nc1ncnc2ccc(N)cc12. The quantitative estimate of drug-likeness (QED) is 0.718. The van der Waals surface area contributed by atoms with Crippen LogP contribution in [0.4, 0.5) is 11.5 Å². The molecule has 0 spiro atoms. The van der Waals surface area contributed by atoms with Crippen LogP contribution in [0.25, 0.3) is 10.9 Å². The van der Waals surface area contributed by atoms with Crippen LogP contribution in [0.3, 0.4) is 0 Å². The maximum Gasteiger partial charge on any atom is 0.139 e. The second kappa shape index (κ2) is 5.05. The molecule has 0 aliphatic rings. The third-order valence-corrected chi connectivity index (χ3v) is 3.53. The summed E-state index contributed by atoms with van der Waals surface area (Å²) in [5, 5.41) is 8.28. The van der Waals surface area contributed by atoms with Crippen molar-refractivity contribution in [2.24, 2.45) is 0 Å². The highest BCUT2D eigenvalue weighted by Gasteiger charge is 2.17. The number of nitrogen functional groups attached to an aromatic ring is 1. The fourth-order valence-electron chi connectivity index (χ4n) is 2.57. The lowest BCUT2D eigenvalue weighted by molar-refractivity contribution is 0.392. The first-order valence-corrected chi connectivity index (χ1v) is 6.76. The molecule has 0 saturated heterocycles. The third kappa shape index (κ3) is 2.40. The monoisotopic (exact) mass is 283 g/mol. The number of nitrogens with zero attached hydrogens (tertiary/aromatic N) is 3. The second-order valence-electron chi connectivity index (χ2n) is 5.10. The maximum atomic E-state index is 5.86. The molecule has 6 heteroatoms. The first kappa shape index (κ1) is 13.4. The lowest BCUT2D eigenvalue weighted by Crippen LogP contribution is -2.10. The van der Waals surface area contributed by atoms with E-state index >= 15 is 0 Å². The van der Waals surface area contributed by atoms with Crippen molar-refractivity contribution < 1.29 is 4.52 Å². The Labute approximate surface area is 122 Å². The largest absolute Gasteiger partial charge is 0.399 e. The zero-order chi connectivity index (χ0) is 15.0. The molecule has 3 N–H and O–H groups in total. The van der Waals surface area contributed by atoms with E-state index in [1.807, 2.05) is 39.0 Å². The van der Waals surface area contributed by atoms with Gasteiger partial charge in [0.25, 0.3) is 0 Å². The normalized spacial score (nSPS) is 12.5. The van der Waals surface area contributed by atoms with Crippen LogP contribution in [0.1, 0.15) is 30.0 Å². The minimum atomic E-state index is 0.0239. The van der Waals surface area contributed by atoms with E-state index in [4.69, 9.17) is 10.3 Å². The van der Waals surface area contributed by atoms with Crippen LogP contribution >= 0.6 is 0 Å². The number of fused-ring (bicyclic) bond motifs is 1. The average molecular weight is 283 g/mol. The molecule has 2 aromatic heterocycles. The number of hydrogen-bond acceptors (Lipinski definition) is 6. The van der Waals surface area contributed by atoms with Gasteiger partial charge in [-0.3, -0.25) is 0 Å². The van der Waals surface area contributed by atoms with Crippen LogP contribution in [0.15, 0.2) is 29.0 Å². The molecule has 0 saturated carbocycles. The summed E-state index contributed by atoms with van der Waals surface area (Å²) in [4.78, 5) is 8.58. The standard InChI is InChI=1S/C15H17N5O/c1-8(14-9(2)20-21-10(14)3)19-15-12-6-11(16)4-5-13(12)17-7-18-15/h4-8H,16H2,1-3H3,(H,17,18,19). The molecule has 0 bridgehead atoms. The summed E-state index contributed by atoms with van der Waals surface area (Å²) >= 11 is 0. The second-order valence-corrected chi connectivity index (χ2v) is 5.10. The molecule has 1 atom stereocenters. The summed E-state index contributed by atoms with van der Waals surface area (Å²) < 4.78 is 5.22. The van der Waals surface area contributed by atoms with Crippen LogP contribution in [-0.2, 0) is 0 Å². The maximum absolute atomic E-state index is 5.86. The first-order chi connectivity index (χ1) is 10.1. The third-order valence-electron chi connectivity index (χ3n) is 3.53. The highest BCUT2D eigenvalue weighted by atomic mass is 16.5. The van der Waals surface area contributed by atoms with Crippen molar-refractivity contribution in [2.75, 3.05) is 11.1 Å². The highest BCUT2D eigenvalue weighted by Crippen LogP contribution is 2.28. The van der Waals surface area contributed by atoms with E-state index in [-0.39, 0.29) is 6.04 Å². The van der Waals surface area contributed by atoms with Crippen molar-refractivity contribution in [1.29, 1.82) is 0 Å². The van der Waals surface area contributed by atoms with Crippen molar-refractivity contribution in [1.82, 2.24) is 15.1 Å². The molecular formula is C15H17N5O. The average Bonchev–Trinajstić information content (AvgIpc) is 2.79. The van der Waals surface area contributed by atoms with E-state index in [1.165, 1.54) is 0 Å². The lowest BCUT2D eigenvalue weighted by atomic mass is 10.1. The minimum Gasteiger partial charge on any atom is -0.399 e. The minimum absolute atomic E-state index is 0.0239. The van der Waals surface area contributed by atoms with Gasteiger partial charge in [-0.1, -0.05) is 5.16 Å². The van der Waals surface area contributed by atoms with Crippen molar-refractivity contribution in [3.05, 3.63) is 41.5 Å². The molecule has 108 valence electrons. The number of aromatic nitrogens is 3. The molecule has 3 aromatic rings. The van der Waals surface area contributed by atoms with Gasteiger partial charge >= 0.3 is 0 Å². The molecule has 0 aliphatic carbocycles. The van der Waals surface area contributed by atoms with Crippen LogP contribution in [0.5, 0.6) is 0 Å². The molecular weight excluding hydrogens is 266 g/mol. The zero-order valence-corrected chi connectivity index (χ0v) is 12.2. The van der Waals surface area contributed by atoms with Crippen LogP contribution in [-0.4, -0.2) is 15.1 Å². The van der Waals surface area contributed by atoms with Gasteiger partial charge in [-0.15, -0.1) is 0 Å². The number of hydrogen-bond donors (Lipinski definition) is 2. The van der Waals surface area contributed by atoms with Gasteiger partial charge in [0.1, 0.15) is 17.9 Å². The van der Waals surface area contributed by atoms with Crippen LogP contribution in [0, 0.1) is 13.8 Å². The Morgan fingerprint density at radius 2 is 2.05 bits per heavy atom. The molecule has 0 fully saturated rings. The Hall–Kier alpha value is -2.63. The van der Waals surface area contributed by atoms with Gasteiger partial charge < -0.3 is 15.6 Å². The van der Waals surface area contributed by atoms with Gasteiger partial charge in [0, 0.05) is 16.6 Å². The molecule has 6 nitrogen and oxygen atoms in total. The zero-order valence-electron chi connectivity index (χ0n) is 12.2. The summed E-state index contributed by atoms with van der Waals surface area (Å²) in [6.07, 6.45) is 1.54. The Morgan fingerprint density at radius 1 is 1.24 bits per heavy atom. The first-order valence-electron chi connectivity index (χ1n) is 6.76. The summed E-state index contributed by atoms with van der Waals surface area (Å²) in [6.45, 7) is 5.89. The van der Waals surface area contributed by atoms with E-state index in [0.717, 1.165) is 33.7 Å². The Kier molecular flexibility index (Phi) is 3.21. The number of nitrogens with one attached hydrogen (secondary N) is 1. The molecule has 1 aromatic carbocycles. The summed E-state index contributed by atoms with van der Waals surface area (Å²) in [5.74, 6) is 1.56. The van der Waals surface area contributed by atoms with Crippen molar-refractivity contribution in [3.8, 4) is 0 Å². The smallest absolute Gasteiger partial charge is 0.139 e. The van der Waals surface area contributed by atoms with Crippen LogP contribution in [0.2, 0.25) is 0 Å². The predicted molar refractivity (Wildman–Crippen MR) is 82.0 cm³/mol. The summed E-state index contributed by atoms with van der Waals surface area (Å²) in [7, 11) is 0. The molecule has 0 radical (unpaired) electrons. The van der Waals surface area contributed by atoms with Gasteiger partial charge in [0.15, 0.2) is 0 Å². The molecule has 3 rings (SSSR count). The Bertz CT molecular complexity index is 776. The topological polar surface area (TPSA) is 89.9 Å². The van der Waals surface area contributed by atoms with E-state index in [1.54, 1.807) is 6.33 Å². The molecule has 2 heterocycles. The van der Waals surface area contributed by atoms with Gasteiger partial charge in [-0.2, -0.15) is 0 Å². The summed E-state index contributed by atoms with van der Waals surface area (Å²) in [6, 6.07) is 5.61. The summed E-state index contributed by atoms with van der Waals surface area (Å²) in [5.41, 5.74) is 9.32. The van der Waals surface area contributed by atoms with Crippen LogP contribution < -0.4 is 11.1 Å². The number of aryl methyl sites for hydroxylation is 2. The molecule has 21 heavy (non-hydrogen) atoms. The van der Waals surface area contributed by atoms with E-state index in [9.17, 15) is 0 Å². The van der Waals surface area contributed by atoms with E-state index < -0.39 is 0 Å². The van der Waals surface area contributed by atoms with Crippen molar-refractivity contribution >= 4 is 22.4 Å². The van der Waals surface area contributed by atoms with E-state index in [2.05, 4.69) is 20.4 Å². The van der Waals surface area contributed by atoms with Gasteiger partial charge in [-0.25, -0.2) is 9.97 Å². The van der Waals surface area contributed by atoms with Crippen molar-refractivity contribution in [3.63, 3.8) is 0 Å². The predicted octanol–water partition coefficient (Wildman–Crippen LogP) is 2.99. The molecule has 0 aliphatic heterocycles. The molecule has 1 unspecified atom stereocenters. The Balaban J connectivity index is 2.00. The highest BCUT2D eigenvalue weighted by molar-refractivity contribution is 5.91. The Morgan fingerprint density at radius 3 is 2.76 bits per heavy atom. The fourth-order valence-corrected chi connectivity index (χ4v) is 2.57. The van der Waals surface area contributed by atoms with Crippen molar-refractivity contribution in [2.45, 2.75) is 26.8 Å². The molecule has 0 amide bonds. The van der Waals surface area contributed by atoms with Gasteiger partial charge in [0.2, 0.25) is 0 Å². The number of anilines is 2. The number of nitrogens with two attached hydrogens (primary N) is 1. The fraction of sp³-hybridized carbons (Fsp3) is 0.267. The number of benzene rings is 1. The van der Waals surface area contributed by atoms with E-state index in [0.29, 0.717) is 5.69 Å². The number of rotatable bonds is 3. The lowest BCUT2D eigenvalue weighted by Gasteiger charge is -2.15. The van der Waals surface area contributed by atoms with Gasteiger partial charge in [0.05, 0.1) is 17.3 Å².